The number of imide groups is 2. The van der Waals surface area contributed by atoms with Gasteiger partial charge in [-0.2, -0.15) is 18.2 Å². The van der Waals surface area contributed by atoms with Crippen LogP contribution in [0.2, 0.25) is 10.0 Å². The zero-order valence-electron chi connectivity index (χ0n) is 28.8. The van der Waals surface area contributed by atoms with Crippen molar-refractivity contribution < 1.29 is 42.2 Å². The number of amides is 4. The third kappa shape index (κ3) is 5.88. The molecule has 3 fully saturated rings. The molecule has 1 saturated carbocycles. The second kappa shape index (κ2) is 13.1. The quantitative estimate of drug-likeness (QED) is 0.204. The van der Waals surface area contributed by atoms with E-state index in [0.717, 1.165) is 5.01 Å². The first kappa shape index (κ1) is 36.9. The number of aliphatic hydroxyl groups is 1. The summed E-state index contributed by atoms with van der Waals surface area (Å²) < 4.78 is 45.9. The Hall–Kier alpha value is -4.46. The molecule has 2 aromatic carbocycles. The van der Waals surface area contributed by atoms with Gasteiger partial charge in [0, 0.05) is 22.7 Å². The molecule has 7 rings (SSSR count). The van der Waals surface area contributed by atoms with Crippen molar-refractivity contribution in [1.82, 2.24) is 14.9 Å². The predicted molar refractivity (Wildman–Crippen MR) is 188 cm³/mol. The van der Waals surface area contributed by atoms with E-state index in [1.165, 1.54) is 4.90 Å². The van der Waals surface area contributed by atoms with Crippen molar-refractivity contribution >= 4 is 52.6 Å². The van der Waals surface area contributed by atoms with E-state index in [9.17, 15) is 32.7 Å². The number of nitrogens with zero attached hydrogens (tertiary/aromatic N) is 3. The smallest absolute Gasteiger partial charge is 0.417 e. The number of hydrogen-bond donors (Lipinski definition) is 2. The van der Waals surface area contributed by atoms with Gasteiger partial charge in [0.05, 0.1) is 40.4 Å². The minimum absolute atomic E-state index is 0.0117. The van der Waals surface area contributed by atoms with E-state index in [2.05, 4.69) is 10.4 Å². The first-order valence-electron chi connectivity index (χ1n) is 17.1. The third-order valence-corrected chi connectivity index (χ3v) is 11.3. The number of rotatable bonds is 7. The van der Waals surface area contributed by atoms with E-state index < -0.39 is 69.1 Å². The average Bonchev–Trinajstić information content (AvgIpc) is 3.49. The molecule has 4 aliphatic rings. The number of carbonyl (C=O) groups excluding carboxylic acids is 4. The molecule has 0 spiro atoms. The van der Waals surface area contributed by atoms with Crippen LogP contribution in [0, 0.1) is 23.7 Å². The number of ether oxygens (including phenoxy) is 1. The molecule has 6 atom stereocenters. The van der Waals surface area contributed by atoms with Gasteiger partial charge in [0.25, 0.3) is 11.8 Å². The number of nitrogens with one attached hydrogen (secondary N) is 1. The van der Waals surface area contributed by atoms with Crippen LogP contribution in [0.15, 0.2) is 72.4 Å². The van der Waals surface area contributed by atoms with Crippen molar-refractivity contribution in [2.75, 3.05) is 18.6 Å². The molecule has 2 aliphatic carbocycles. The molecule has 10 nitrogen and oxygen atoms in total. The standard InChI is InChI=1S/C38H35Cl2F3N4O6/c1-36(2,3)46-32(49)25-13-12-24-26(29(25)34(46)51)17-27-33(50)47(45-31-28(40)16-21(18-44-31)38(41,42)43)35(52)37(27,20-6-8-22(39)9-7-20)30(24)19-4-10-23(11-5-19)53-15-14-48/h4-12,16,18,25-27,29-30,48H,13-15,17H2,1-3H3,(H,44,45). The molecule has 2 aliphatic heterocycles. The molecule has 6 unspecified atom stereocenters. The summed E-state index contributed by atoms with van der Waals surface area (Å²) in [5.74, 6) is -6.04. The Labute approximate surface area is 312 Å². The van der Waals surface area contributed by atoms with Crippen LogP contribution in [0.25, 0.3) is 0 Å². The molecular weight excluding hydrogens is 736 g/mol. The molecule has 0 bridgehead atoms. The molecule has 2 N–H and O–H groups in total. The number of fused-ring (bicyclic) bond motifs is 4. The van der Waals surface area contributed by atoms with E-state index in [0.29, 0.717) is 39.7 Å². The summed E-state index contributed by atoms with van der Waals surface area (Å²) in [4.78, 5) is 63.2. The summed E-state index contributed by atoms with van der Waals surface area (Å²) in [6.07, 6.45) is -2.03. The number of hydrogen-bond acceptors (Lipinski definition) is 8. The molecule has 3 heterocycles. The maximum atomic E-state index is 15.2. The van der Waals surface area contributed by atoms with Gasteiger partial charge in [-0.05, 0) is 81.0 Å². The highest BCUT2D eigenvalue weighted by atomic mass is 35.5. The largest absolute Gasteiger partial charge is 0.491 e. The van der Waals surface area contributed by atoms with Gasteiger partial charge >= 0.3 is 6.18 Å². The first-order chi connectivity index (χ1) is 25.0. The van der Waals surface area contributed by atoms with Crippen molar-refractivity contribution in [3.63, 3.8) is 0 Å². The van der Waals surface area contributed by atoms with Crippen LogP contribution in [-0.2, 0) is 30.8 Å². The molecule has 15 heteroatoms. The van der Waals surface area contributed by atoms with Gasteiger partial charge in [0.1, 0.15) is 12.4 Å². The van der Waals surface area contributed by atoms with Crippen LogP contribution in [0.4, 0.5) is 19.0 Å². The van der Waals surface area contributed by atoms with Gasteiger partial charge in [-0.15, -0.1) is 0 Å². The Bertz CT molecular complexity index is 2030. The number of halogens is 5. The number of likely N-dealkylation sites (tertiary alicyclic amines) is 1. The van der Waals surface area contributed by atoms with Crippen LogP contribution < -0.4 is 10.2 Å². The number of benzene rings is 2. The van der Waals surface area contributed by atoms with Gasteiger partial charge in [-0.25, -0.2) is 4.98 Å². The SMILES string of the molecule is CC(C)(C)N1C(=O)C2CC=C3C(CC4C(=O)N(Nc5ncc(C(F)(F)F)cc5Cl)C(=O)C4(c4ccc(Cl)cc4)C3c3ccc(OCCO)cc3)C2C1=O. The third-order valence-electron chi connectivity index (χ3n) is 10.8. The summed E-state index contributed by atoms with van der Waals surface area (Å²) in [7, 11) is 0. The lowest BCUT2D eigenvalue weighted by atomic mass is 9.49. The monoisotopic (exact) mass is 770 g/mol. The Balaban J connectivity index is 1.42. The average molecular weight is 772 g/mol. The van der Waals surface area contributed by atoms with Crippen LogP contribution >= 0.6 is 23.2 Å². The fraction of sp³-hybridized carbons (Fsp3) is 0.395. The topological polar surface area (TPSA) is 129 Å². The van der Waals surface area contributed by atoms with Crippen LogP contribution in [-0.4, -0.2) is 62.4 Å². The van der Waals surface area contributed by atoms with Crippen LogP contribution in [0.3, 0.4) is 0 Å². The summed E-state index contributed by atoms with van der Waals surface area (Å²) in [5.41, 5.74) is 0.815. The highest BCUT2D eigenvalue weighted by Crippen LogP contribution is 2.64. The first-order valence-corrected chi connectivity index (χ1v) is 17.8. The second-order valence-electron chi connectivity index (χ2n) is 14.7. The number of alkyl halides is 3. The Morgan fingerprint density at radius 1 is 0.962 bits per heavy atom. The number of allylic oxidation sites excluding steroid dienone is 2. The molecule has 0 radical (unpaired) electrons. The summed E-state index contributed by atoms with van der Waals surface area (Å²) >= 11 is 12.6. The number of hydrazine groups is 1. The minimum Gasteiger partial charge on any atom is -0.491 e. The van der Waals surface area contributed by atoms with Crippen LogP contribution in [0.5, 0.6) is 5.75 Å². The van der Waals surface area contributed by atoms with Crippen LogP contribution in [0.1, 0.15) is 56.2 Å². The highest BCUT2D eigenvalue weighted by Gasteiger charge is 2.70. The Morgan fingerprint density at radius 2 is 1.64 bits per heavy atom. The number of carbonyl (C=O) groups is 4. The molecule has 53 heavy (non-hydrogen) atoms. The molecule has 3 aromatic rings. The van der Waals surface area contributed by atoms with Gasteiger partial charge in [0.15, 0.2) is 5.82 Å². The lowest BCUT2D eigenvalue weighted by Gasteiger charge is -2.50. The normalized spacial score (nSPS) is 27.0. The zero-order valence-corrected chi connectivity index (χ0v) is 30.3. The number of pyridine rings is 1. The second-order valence-corrected chi connectivity index (χ2v) is 15.6. The van der Waals surface area contributed by atoms with E-state index in [4.69, 9.17) is 27.9 Å². The molecule has 4 amide bonds. The van der Waals surface area contributed by atoms with Crippen molar-refractivity contribution in [2.45, 2.75) is 56.7 Å². The van der Waals surface area contributed by atoms with E-state index >= 15 is 4.79 Å². The van der Waals surface area contributed by atoms with E-state index in [1.807, 2.05) is 6.08 Å². The zero-order chi connectivity index (χ0) is 38.2. The van der Waals surface area contributed by atoms with Crippen molar-refractivity contribution in [1.29, 1.82) is 0 Å². The van der Waals surface area contributed by atoms with Crippen molar-refractivity contribution in [3.8, 4) is 5.75 Å². The van der Waals surface area contributed by atoms with Gasteiger partial charge in [0.2, 0.25) is 11.8 Å². The summed E-state index contributed by atoms with van der Waals surface area (Å²) in [5, 5.41) is 9.95. The number of aliphatic hydroxyl groups excluding tert-OH is 1. The number of aromatic nitrogens is 1. The molecule has 1 aromatic heterocycles. The molecular formula is C38H35Cl2F3N4O6. The maximum absolute atomic E-state index is 15.2. The summed E-state index contributed by atoms with van der Waals surface area (Å²) in [6, 6.07) is 14.1. The maximum Gasteiger partial charge on any atom is 0.417 e. The Morgan fingerprint density at radius 3 is 2.25 bits per heavy atom. The minimum atomic E-state index is -4.74. The Kier molecular flexibility index (Phi) is 9.14. The fourth-order valence-corrected chi connectivity index (χ4v) is 9.07. The van der Waals surface area contributed by atoms with Gasteiger partial charge < -0.3 is 9.84 Å². The van der Waals surface area contributed by atoms with E-state index in [-0.39, 0.29) is 43.7 Å². The van der Waals surface area contributed by atoms with Gasteiger partial charge in [-0.3, -0.25) is 29.5 Å². The molecule has 2 saturated heterocycles. The molecule has 278 valence electrons. The lowest BCUT2D eigenvalue weighted by Crippen LogP contribution is -2.53. The summed E-state index contributed by atoms with van der Waals surface area (Å²) in [6.45, 7) is 5.19. The van der Waals surface area contributed by atoms with Crippen molar-refractivity contribution in [2.24, 2.45) is 23.7 Å². The lowest BCUT2D eigenvalue weighted by molar-refractivity contribution is -0.146. The van der Waals surface area contributed by atoms with E-state index in [1.54, 1.807) is 69.3 Å². The fourth-order valence-electron chi connectivity index (χ4n) is 8.74. The highest BCUT2D eigenvalue weighted by molar-refractivity contribution is 6.33. The number of anilines is 1. The van der Waals surface area contributed by atoms with Crippen molar-refractivity contribution in [3.05, 3.63) is 99.2 Å². The van der Waals surface area contributed by atoms with Gasteiger partial charge in [-0.1, -0.05) is 59.1 Å². The predicted octanol–water partition coefficient (Wildman–Crippen LogP) is 6.56.